The number of benzene rings is 4. The molecule has 0 fully saturated rings. The lowest BCUT2D eigenvalue weighted by atomic mass is 10.0. The number of hydrogen-bond donors (Lipinski definition) is 1. The van der Waals surface area contributed by atoms with Gasteiger partial charge in [0.15, 0.2) is 0 Å². The molecule has 30 heavy (non-hydrogen) atoms. The number of methoxy groups -OCH3 is 1. The molecule has 0 amide bonds. The Kier molecular flexibility index (Phi) is 5.82. The van der Waals surface area contributed by atoms with E-state index in [1.54, 1.807) is 7.11 Å². The first-order valence-electron chi connectivity index (χ1n) is 9.89. The average Bonchev–Trinajstić information content (AvgIpc) is 2.80. The zero-order valence-electron chi connectivity index (χ0n) is 17.1. The molecule has 3 heteroatoms. The maximum Gasteiger partial charge on any atom is 0.127 e. The first kappa shape index (κ1) is 19.7. The van der Waals surface area contributed by atoms with E-state index in [0.29, 0.717) is 0 Å². The van der Waals surface area contributed by atoms with E-state index in [0.717, 1.165) is 39.5 Å². The number of aliphatic hydroxyl groups excluding tert-OH is 1. The third kappa shape index (κ3) is 4.53. The summed E-state index contributed by atoms with van der Waals surface area (Å²) < 4.78 is 11.2. The van der Waals surface area contributed by atoms with Crippen LogP contribution in [-0.4, -0.2) is 12.2 Å². The SMILES string of the molecule is COc1ccc(-c2ccc(Oc3ccc(C(O)c4ccc(C)cc4)cc3)cc2)cc1. The second-order valence-electron chi connectivity index (χ2n) is 7.24. The van der Waals surface area contributed by atoms with Crippen molar-refractivity contribution in [3.8, 4) is 28.4 Å². The molecular formula is C27H24O3. The molecule has 0 saturated heterocycles. The first-order valence-corrected chi connectivity index (χ1v) is 9.89. The second kappa shape index (κ2) is 8.85. The van der Waals surface area contributed by atoms with Crippen LogP contribution in [0.2, 0.25) is 0 Å². The van der Waals surface area contributed by atoms with Crippen molar-refractivity contribution in [2.75, 3.05) is 7.11 Å². The Morgan fingerprint density at radius 3 is 1.43 bits per heavy atom. The molecule has 0 heterocycles. The molecule has 0 bridgehead atoms. The number of aliphatic hydroxyl groups is 1. The third-order valence-electron chi connectivity index (χ3n) is 5.10. The van der Waals surface area contributed by atoms with Crippen LogP contribution in [-0.2, 0) is 0 Å². The summed E-state index contributed by atoms with van der Waals surface area (Å²) in [6.07, 6.45) is -0.650. The van der Waals surface area contributed by atoms with Crippen molar-refractivity contribution in [1.29, 1.82) is 0 Å². The van der Waals surface area contributed by atoms with Gasteiger partial charge in [-0.2, -0.15) is 0 Å². The minimum absolute atomic E-state index is 0.650. The summed E-state index contributed by atoms with van der Waals surface area (Å²) in [7, 11) is 1.66. The van der Waals surface area contributed by atoms with Crippen molar-refractivity contribution >= 4 is 0 Å². The van der Waals surface area contributed by atoms with Crippen molar-refractivity contribution < 1.29 is 14.6 Å². The summed E-state index contributed by atoms with van der Waals surface area (Å²) in [6.45, 7) is 2.03. The van der Waals surface area contributed by atoms with E-state index in [-0.39, 0.29) is 0 Å². The summed E-state index contributed by atoms with van der Waals surface area (Å²) >= 11 is 0. The van der Waals surface area contributed by atoms with Crippen LogP contribution in [0.15, 0.2) is 97.1 Å². The molecule has 3 nitrogen and oxygen atoms in total. The van der Waals surface area contributed by atoms with Gasteiger partial charge < -0.3 is 14.6 Å². The molecule has 4 aromatic carbocycles. The first-order chi connectivity index (χ1) is 14.6. The van der Waals surface area contributed by atoms with Gasteiger partial charge in [0, 0.05) is 0 Å². The maximum atomic E-state index is 10.6. The number of aryl methyl sites for hydroxylation is 1. The summed E-state index contributed by atoms with van der Waals surface area (Å²) in [5.41, 5.74) is 5.12. The fourth-order valence-electron chi connectivity index (χ4n) is 3.29. The molecule has 0 aromatic heterocycles. The van der Waals surface area contributed by atoms with E-state index < -0.39 is 6.10 Å². The molecule has 0 aliphatic carbocycles. The van der Waals surface area contributed by atoms with Crippen LogP contribution in [0.4, 0.5) is 0 Å². The minimum Gasteiger partial charge on any atom is -0.497 e. The van der Waals surface area contributed by atoms with Gasteiger partial charge in [0.1, 0.15) is 23.4 Å². The molecule has 0 spiro atoms. The Morgan fingerprint density at radius 1 is 0.567 bits per heavy atom. The van der Waals surface area contributed by atoms with Crippen molar-refractivity contribution in [2.24, 2.45) is 0 Å². The lowest BCUT2D eigenvalue weighted by Crippen LogP contribution is -1.99. The van der Waals surface area contributed by atoms with Gasteiger partial charge in [0.05, 0.1) is 7.11 Å². The van der Waals surface area contributed by atoms with Gasteiger partial charge in [-0.05, 0) is 65.6 Å². The van der Waals surface area contributed by atoms with Crippen molar-refractivity contribution in [3.63, 3.8) is 0 Å². The van der Waals surface area contributed by atoms with Crippen LogP contribution >= 0.6 is 0 Å². The molecule has 0 aliphatic rings. The highest BCUT2D eigenvalue weighted by molar-refractivity contribution is 5.65. The van der Waals surface area contributed by atoms with E-state index in [1.807, 2.05) is 104 Å². The minimum atomic E-state index is -0.650. The van der Waals surface area contributed by atoms with Crippen LogP contribution in [0.5, 0.6) is 17.2 Å². The summed E-state index contributed by atoms with van der Waals surface area (Å²) in [4.78, 5) is 0. The molecule has 150 valence electrons. The van der Waals surface area contributed by atoms with E-state index >= 15 is 0 Å². The zero-order chi connectivity index (χ0) is 20.9. The fourth-order valence-corrected chi connectivity index (χ4v) is 3.29. The highest BCUT2D eigenvalue weighted by Crippen LogP contribution is 2.29. The monoisotopic (exact) mass is 396 g/mol. The third-order valence-corrected chi connectivity index (χ3v) is 5.10. The fraction of sp³-hybridized carbons (Fsp3) is 0.111. The predicted molar refractivity (Wildman–Crippen MR) is 120 cm³/mol. The molecule has 0 saturated carbocycles. The van der Waals surface area contributed by atoms with Gasteiger partial charge in [-0.1, -0.05) is 66.2 Å². The van der Waals surface area contributed by atoms with Crippen LogP contribution in [0, 0.1) is 6.92 Å². The lowest BCUT2D eigenvalue weighted by Gasteiger charge is -2.13. The molecule has 1 atom stereocenters. The highest BCUT2D eigenvalue weighted by Gasteiger charge is 2.10. The van der Waals surface area contributed by atoms with Crippen LogP contribution in [0.3, 0.4) is 0 Å². The van der Waals surface area contributed by atoms with Crippen molar-refractivity contribution in [2.45, 2.75) is 13.0 Å². The van der Waals surface area contributed by atoms with E-state index in [4.69, 9.17) is 9.47 Å². The van der Waals surface area contributed by atoms with Gasteiger partial charge in [0.2, 0.25) is 0 Å². The van der Waals surface area contributed by atoms with Gasteiger partial charge in [0.25, 0.3) is 0 Å². The summed E-state index contributed by atoms with van der Waals surface area (Å²) in [6, 6.07) is 31.4. The maximum absolute atomic E-state index is 10.6. The molecule has 1 unspecified atom stereocenters. The number of ether oxygens (including phenoxy) is 2. The topological polar surface area (TPSA) is 38.7 Å². The molecular weight excluding hydrogens is 372 g/mol. The van der Waals surface area contributed by atoms with Crippen molar-refractivity contribution in [1.82, 2.24) is 0 Å². The standard InChI is InChI=1S/C27H24O3/c1-19-3-5-22(6-4-19)27(28)23-11-17-26(18-12-23)30-25-15-9-21(10-16-25)20-7-13-24(29-2)14-8-20/h3-18,27-28H,1-2H3. The highest BCUT2D eigenvalue weighted by atomic mass is 16.5. The van der Waals surface area contributed by atoms with Crippen LogP contribution in [0.1, 0.15) is 22.8 Å². The average molecular weight is 396 g/mol. The molecule has 0 radical (unpaired) electrons. The van der Waals surface area contributed by atoms with E-state index in [9.17, 15) is 5.11 Å². The number of hydrogen-bond acceptors (Lipinski definition) is 3. The molecule has 1 N–H and O–H groups in total. The van der Waals surface area contributed by atoms with Crippen molar-refractivity contribution in [3.05, 3.63) is 114 Å². The van der Waals surface area contributed by atoms with Gasteiger partial charge >= 0.3 is 0 Å². The predicted octanol–water partition coefficient (Wildman–Crippen LogP) is 6.54. The van der Waals surface area contributed by atoms with Gasteiger partial charge in [-0.25, -0.2) is 0 Å². The zero-order valence-corrected chi connectivity index (χ0v) is 17.1. The Morgan fingerprint density at radius 2 is 0.967 bits per heavy atom. The second-order valence-corrected chi connectivity index (χ2v) is 7.24. The van der Waals surface area contributed by atoms with Crippen LogP contribution in [0.25, 0.3) is 11.1 Å². The largest absolute Gasteiger partial charge is 0.497 e. The Bertz CT molecular complexity index is 1080. The van der Waals surface area contributed by atoms with E-state index in [1.165, 1.54) is 5.56 Å². The lowest BCUT2D eigenvalue weighted by molar-refractivity contribution is 0.220. The quantitative estimate of drug-likeness (QED) is 0.402. The van der Waals surface area contributed by atoms with Gasteiger partial charge in [-0.15, -0.1) is 0 Å². The van der Waals surface area contributed by atoms with Crippen LogP contribution < -0.4 is 9.47 Å². The molecule has 4 rings (SSSR count). The Labute approximate surface area is 177 Å². The van der Waals surface area contributed by atoms with E-state index in [2.05, 4.69) is 0 Å². The molecule has 4 aromatic rings. The number of rotatable bonds is 6. The normalized spacial score (nSPS) is 11.7. The molecule has 0 aliphatic heterocycles. The summed E-state index contributed by atoms with van der Waals surface area (Å²) in [5.74, 6) is 2.33. The van der Waals surface area contributed by atoms with Gasteiger partial charge in [-0.3, -0.25) is 0 Å². The smallest absolute Gasteiger partial charge is 0.127 e. The summed E-state index contributed by atoms with van der Waals surface area (Å²) in [5, 5.41) is 10.6. The Hall–Kier alpha value is -3.56. The Balaban J connectivity index is 1.43.